The van der Waals surface area contributed by atoms with Crippen molar-refractivity contribution in [3.63, 3.8) is 0 Å². The number of para-hydroxylation sites is 1. The van der Waals surface area contributed by atoms with Crippen molar-refractivity contribution in [1.29, 1.82) is 5.26 Å². The van der Waals surface area contributed by atoms with Gasteiger partial charge in [0.25, 0.3) is 0 Å². The van der Waals surface area contributed by atoms with Gasteiger partial charge in [0.1, 0.15) is 0 Å². The first-order valence-corrected chi connectivity index (χ1v) is 5.47. The van der Waals surface area contributed by atoms with Gasteiger partial charge in [0.15, 0.2) is 11.5 Å². The molecule has 0 fully saturated rings. The topological polar surface area (TPSA) is 65.3 Å². The average Bonchev–Trinajstić information content (AvgIpc) is 2.31. The van der Waals surface area contributed by atoms with Crippen LogP contribution in [-0.4, -0.2) is 18.8 Å². The molecule has 4 heteroatoms. The van der Waals surface area contributed by atoms with Crippen LogP contribution in [0.5, 0.6) is 11.5 Å². The monoisotopic (exact) mass is 234 g/mol. The number of nitrogens with zero attached hydrogens (tertiary/aromatic N) is 1. The summed E-state index contributed by atoms with van der Waals surface area (Å²) in [5.74, 6) is 0.612. The van der Waals surface area contributed by atoms with E-state index in [-0.39, 0.29) is 5.75 Å². The zero-order valence-electron chi connectivity index (χ0n) is 10.4. The fourth-order valence-electron chi connectivity index (χ4n) is 1.42. The minimum atomic E-state index is -0.408. The van der Waals surface area contributed by atoms with Crippen molar-refractivity contribution in [2.75, 3.05) is 13.7 Å². The first-order chi connectivity index (χ1) is 8.00. The highest BCUT2D eigenvalue weighted by molar-refractivity contribution is 5.45. The number of benzene rings is 1. The maximum atomic E-state index is 9.85. The lowest BCUT2D eigenvalue weighted by Gasteiger charge is -2.16. The molecule has 1 rings (SSSR count). The number of nitriles is 1. The van der Waals surface area contributed by atoms with Gasteiger partial charge in [-0.15, -0.1) is 0 Å². The third kappa shape index (κ3) is 3.65. The molecule has 0 radical (unpaired) electrons. The van der Waals surface area contributed by atoms with Gasteiger partial charge in [0, 0.05) is 18.7 Å². The molecule has 0 aromatic heterocycles. The summed E-state index contributed by atoms with van der Waals surface area (Å²) in [6.07, 6.45) is 0. The fraction of sp³-hybridized carbons (Fsp3) is 0.462. The second kappa shape index (κ2) is 5.55. The van der Waals surface area contributed by atoms with E-state index in [0.717, 1.165) is 5.56 Å². The number of methoxy groups -OCH3 is 1. The third-order valence-corrected chi connectivity index (χ3v) is 2.49. The first-order valence-electron chi connectivity index (χ1n) is 5.47. The smallest absolute Gasteiger partial charge is 0.162 e. The van der Waals surface area contributed by atoms with Crippen LogP contribution in [-0.2, 0) is 6.54 Å². The second-order valence-corrected chi connectivity index (χ2v) is 4.57. The van der Waals surface area contributed by atoms with Gasteiger partial charge >= 0.3 is 0 Å². The molecule has 0 unspecified atom stereocenters. The molecule has 1 aromatic carbocycles. The zero-order valence-corrected chi connectivity index (χ0v) is 10.4. The summed E-state index contributed by atoms with van der Waals surface area (Å²) < 4.78 is 5.02. The van der Waals surface area contributed by atoms with Crippen LogP contribution in [0.3, 0.4) is 0 Å². The Morgan fingerprint density at radius 1 is 1.47 bits per heavy atom. The van der Waals surface area contributed by atoms with Gasteiger partial charge in [-0.3, -0.25) is 0 Å². The molecule has 0 saturated heterocycles. The lowest BCUT2D eigenvalue weighted by atomic mass is 9.96. The van der Waals surface area contributed by atoms with Crippen molar-refractivity contribution in [2.45, 2.75) is 20.4 Å². The summed E-state index contributed by atoms with van der Waals surface area (Å²) in [6, 6.07) is 7.57. The van der Waals surface area contributed by atoms with Crippen LogP contribution in [0, 0.1) is 16.7 Å². The number of rotatable bonds is 5. The largest absolute Gasteiger partial charge is 0.504 e. The average molecular weight is 234 g/mol. The van der Waals surface area contributed by atoms with Crippen molar-refractivity contribution in [3.8, 4) is 17.6 Å². The quantitative estimate of drug-likeness (QED) is 0.818. The molecule has 0 amide bonds. The van der Waals surface area contributed by atoms with Crippen LogP contribution in [0.4, 0.5) is 0 Å². The zero-order chi connectivity index (χ0) is 12.9. The SMILES string of the molecule is COc1cccc(CNCC(C)(C)C#N)c1O. The van der Waals surface area contributed by atoms with Crippen molar-refractivity contribution in [2.24, 2.45) is 5.41 Å². The van der Waals surface area contributed by atoms with Crippen LogP contribution in [0.25, 0.3) is 0 Å². The normalized spacial score (nSPS) is 10.9. The van der Waals surface area contributed by atoms with E-state index in [1.165, 1.54) is 7.11 Å². The molecule has 0 saturated carbocycles. The molecule has 0 heterocycles. The van der Waals surface area contributed by atoms with Gasteiger partial charge in [-0.25, -0.2) is 0 Å². The van der Waals surface area contributed by atoms with Crippen LogP contribution in [0.1, 0.15) is 19.4 Å². The number of aromatic hydroxyl groups is 1. The highest BCUT2D eigenvalue weighted by Gasteiger charge is 2.16. The van der Waals surface area contributed by atoms with Crippen LogP contribution in [0.2, 0.25) is 0 Å². The van der Waals surface area contributed by atoms with Gasteiger partial charge in [-0.2, -0.15) is 5.26 Å². The van der Waals surface area contributed by atoms with Crippen molar-refractivity contribution < 1.29 is 9.84 Å². The van der Waals surface area contributed by atoms with Crippen LogP contribution >= 0.6 is 0 Å². The predicted molar refractivity (Wildman–Crippen MR) is 65.8 cm³/mol. The number of phenolic OH excluding ortho intramolecular Hbond substituents is 1. The van der Waals surface area contributed by atoms with E-state index >= 15 is 0 Å². The lowest BCUT2D eigenvalue weighted by molar-refractivity contribution is 0.368. The Morgan fingerprint density at radius 2 is 2.18 bits per heavy atom. The lowest BCUT2D eigenvalue weighted by Crippen LogP contribution is -2.27. The van der Waals surface area contributed by atoms with E-state index in [1.54, 1.807) is 6.07 Å². The number of hydrogen-bond acceptors (Lipinski definition) is 4. The molecule has 4 nitrogen and oxygen atoms in total. The molecule has 92 valence electrons. The molecule has 0 bridgehead atoms. The standard InChI is InChI=1S/C13H18N2O2/c1-13(2,8-14)9-15-7-10-5-4-6-11(17-3)12(10)16/h4-6,15-16H,7,9H2,1-3H3. The van der Waals surface area contributed by atoms with Gasteiger partial charge in [0.05, 0.1) is 18.6 Å². The van der Waals surface area contributed by atoms with Crippen molar-refractivity contribution in [1.82, 2.24) is 5.32 Å². The summed E-state index contributed by atoms with van der Waals surface area (Å²) in [6.45, 7) is 4.81. The maximum absolute atomic E-state index is 9.85. The molecule has 0 aliphatic carbocycles. The Bertz CT molecular complexity index is 422. The molecule has 0 atom stereocenters. The summed E-state index contributed by atoms with van der Waals surface area (Å²) in [5.41, 5.74) is 0.354. The molecule has 17 heavy (non-hydrogen) atoms. The minimum absolute atomic E-state index is 0.150. The summed E-state index contributed by atoms with van der Waals surface area (Å²) in [5, 5.41) is 21.9. The summed E-state index contributed by atoms with van der Waals surface area (Å²) >= 11 is 0. The second-order valence-electron chi connectivity index (χ2n) is 4.57. The maximum Gasteiger partial charge on any atom is 0.162 e. The third-order valence-electron chi connectivity index (χ3n) is 2.49. The molecular formula is C13H18N2O2. The first kappa shape index (κ1) is 13.3. The molecular weight excluding hydrogens is 216 g/mol. The van der Waals surface area contributed by atoms with E-state index in [4.69, 9.17) is 10.00 Å². The van der Waals surface area contributed by atoms with E-state index in [1.807, 2.05) is 26.0 Å². The summed E-state index contributed by atoms with van der Waals surface area (Å²) in [4.78, 5) is 0. The van der Waals surface area contributed by atoms with Gasteiger partial charge in [0.2, 0.25) is 0 Å². The Hall–Kier alpha value is -1.73. The Morgan fingerprint density at radius 3 is 2.76 bits per heavy atom. The molecule has 0 aliphatic rings. The summed E-state index contributed by atoms with van der Waals surface area (Å²) in [7, 11) is 1.52. The molecule has 2 N–H and O–H groups in total. The fourth-order valence-corrected chi connectivity index (χ4v) is 1.42. The van der Waals surface area contributed by atoms with E-state index in [9.17, 15) is 5.11 Å². The van der Waals surface area contributed by atoms with Crippen molar-refractivity contribution >= 4 is 0 Å². The highest BCUT2D eigenvalue weighted by atomic mass is 16.5. The minimum Gasteiger partial charge on any atom is -0.504 e. The van der Waals surface area contributed by atoms with E-state index in [0.29, 0.717) is 18.8 Å². The molecule has 1 aromatic rings. The highest BCUT2D eigenvalue weighted by Crippen LogP contribution is 2.29. The number of phenols is 1. The van der Waals surface area contributed by atoms with Gasteiger partial charge in [-0.05, 0) is 19.9 Å². The van der Waals surface area contributed by atoms with Gasteiger partial charge in [-0.1, -0.05) is 12.1 Å². The predicted octanol–water partition coefficient (Wildman–Crippen LogP) is 2.04. The van der Waals surface area contributed by atoms with Crippen LogP contribution < -0.4 is 10.1 Å². The Kier molecular flexibility index (Phi) is 4.36. The van der Waals surface area contributed by atoms with E-state index in [2.05, 4.69) is 11.4 Å². The Balaban J connectivity index is 2.62. The number of hydrogen-bond donors (Lipinski definition) is 2. The van der Waals surface area contributed by atoms with Crippen molar-refractivity contribution in [3.05, 3.63) is 23.8 Å². The number of ether oxygens (including phenoxy) is 1. The Labute approximate surface area is 102 Å². The van der Waals surface area contributed by atoms with E-state index < -0.39 is 5.41 Å². The van der Waals surface area contributed by atoms with Crippen LogP contribution in [0.15, 0.2) is 18.2 Å². The number of nitrogens with one attached hydrogen (secondary N) is 1. The molecule has 0 spiro atoms. The van der Waals surface area contributed by atoms with Gasteiger partial charge < -0.3 is 15.2 Å². The molecule has 0 aliphatic heterocycles.